The molecule has 1 heteroatoms. The van der Waals surface area contributed by atoms with Gasteiger partial charge in [0.2, 0.25) is 0 Å². The summed E-state index contributed by atoms with van der Waals surface area (Å²) in [7, 11) is 0.174. The van der Waals surface area contributed by atoms with Crippen LogP contribution in [-0.2, 0) is 0 Å². The van der Waals surface area contributed by atoms with Crippen molar-refractivity contribution in [2.24, 2.45) is 0 Å². The highest BCUT2D eigenvalue weighted by Gasteiger charge is 2.18. The van der Waals surface area contributed by atoms with Crippen LogP contribution in [0.25, 0.3) is 0 Å². The third kappa shape index (κ3) is 4.06. The zero-order valence-corrected chi connectivity index (χ0v) is 11.5. The normalized spacial score (nSPS) is 31.0. The first-order valence-electron chi connectivity index (χ1n) is 7.26. The molecule has 90 valence electrons. The van der Waals surface area contributed by atoms with Gasteiger partial charge in [0, 0.05) is 12.8 Å². The Labute approximate surface area is 102 Å². The van der Waals surface area contributed by atoms with E-state index < -0.39 is 0 Å². The smallest absolute Gasteiger partial charge is 0.0530 e. The highest BCUT2D eigenvalue weighted by atomic mass is 31.1. The van der Waals surface area contributed by atoms with Crippen LogP contribution >= 0.6 is 7.55 Å². The van der Waals surface area contributed by atoms with Crippen molar-refractivity contribution in [2.45, 2.75) is 70.6 Å². The molecule has 1 unspecified atom stereocenters. The van der Waals surface area contributed by atoms with Crippen molar-refractivity contribution < 1.29 is 0 Å². The summed E-state index contributed by atoms with van der Waals surface area (Å²) in [6.07, 6.45) is 20.0. The van der Waals surface area contributed by atoms with Gasteiger partial charge in [0.1, 0.15) is 19.0 Å². The van der Waals surface area contributed by atoms with Crippen molar-refractivity contribution in [2.75, 3.05) is 6.16 Å². The summed E-state index contributed by atoms with van der Waals surface area (Å²) in [5, 5.41) is 1.86. The Bertz CT molecular complexity index is 235. The molecule has 1 aliphatic carbocycles. The molecule has 0 saturated carbocycles. The number of hydrogen-bond acceptors (Lipinski definition) is 0. The summed E-state index contributed by atoms with van der Waals surface area (Å²) in [5.74, 6) is 2.70. The standard InChI is InChI=1S/C15H26P/c1-3-7-11-15(12-8-4-1)16-13-9-5-2-6-10-14-16/h11,13H,1-10,12,14H2/q+1/b15-11+. The second kappa shape index (κ2) is 7.28. The highest BCUT2D eigenvalue weighted by molar-refractivity contribution is 7.61. The van der Waals surface area contributed by atoms with Crippen LogP contribution in [-0.4, -0.2) is 12.0 Å². The van der Waals surface area contributed by atoms with Gasteiger partial charge in [-0.25, -0.2) is 0 Å². The fourth-order valence-corrected chi connectivity index (χ4v) is 5.39. The van der Waals surface area contributed by atoms with Crippen LogP contribution in [0.15, 0.2) is 11.4 Å². The minimum atomic E-state index is 0.174. The van der Waals surface area contributed by atoms with Crippen LogP contribution < -0.4 is 0 Å². The fraction of sp³-hybridized carbons (Fsp3) is 0.800. The SMILES string of the molecule is C1=C(/[P+]2=C/CCCCCC2)CCCCCC/1. The maximum Gasteiger partial charge on any atom is 0.123 e. The second-order valence-corrected chi connectivity index (χ2v) is 7.55. The minimum Gasteiger partial charge on any atom is -0.0530 e. The molecule has 0 aromatic carbocycles. The Balaban J connectivity index is 2.01. The van der Waals surface area contributed by atoms with Gasteiger partial charge in [-0.2, -0.15) is 0 Å². The molecule has 1 aliphatic heterocycles. The molecule has 0 bridgehead atoms. The molecular formula is C15H26P+. The Hall–Kier alpha value is -0.0900. The summed E-state index contributed by atoms with van der Waals surface area (Å²) >= 11 is 0. The third-order valence-electron chi connectivity index (χ3n) is 3.84. The topological polar surface area (TPSA) is 0 Å². The lowest BCUT2D eigenvalue weighted by Crippen LogP contribution is -1.94. The molecule has 1 heterocycles. The van der Waals surface area contributed by atoms with Gasteiger partial charge in [-0.3, -0.25) is 0 Å². The van der Waals surface area contributed by atoms with Crippen molar-refractivity contribution in [3.8, 4) is 0 Å². The molecule has 2 aliphatic rings. The minimum absolute atomic E-state index is 0.174. The molecule has 0 aromatic heterocycles. The molecule has 16 heavy (non-hydrogen) atoms. The van der Waals surface area contributed by atoms with E-state index in [1.807, 2.05) is 5.31 Å². The first-order valence-corrected chi connectivity index (χ1v) is 8.85. The summed E-state index contributed by atoms with van der Waals surface area (Å²) < 4.78 is 0. The molecule has 0 saturated heterocycles. The van der Waals surface area contributed by atoms with Gasteiger partial charge < -0.3 is 0 Å². The predicted octanol–water partition coefficient (Wildman–Crippen LogP) is 5.47. The van der Waals surface area contributed by atoms with Crippen LogP contribution in [0.4, 0.5) is 0 Å². The van der Waals surface area contributed by atoms with Crippen LogP contribution in [0, 0.1) is 0 Å². The van der Waals surface area contributed by atoms with Crippen molar-refractivity contribution in [3.63, 3.8) is 0 Å². The molecule has 0 nitrogen and oxygen atoms in total. The van der Waals surface area contributed by atoms with Gasteiger partial charge in [0.15, 0.2) is 0 Å². The number of rotatable bonds is 1. The Morgan fingerprint density at radius 2 is 1.50 bits per heavy atom. The van der Waals surface area contributed by atoms with E-state index in [0.717, 1.165) is 0 Å². The van der Waals surface area contributed by atoms with Crippen LogP contribution in [0.2, 0.25) is 0 Å². The number of hydrogen-bond donors (Lipinski definition) is 0. The van der Waals surface area contributed by atoms with E-state index in [2.05, 4.69) is 11.9 Å². The lowest BCUT2D eigenvalue weighted by molar-refractivity contribution is 0.634. The third-order valence-corrected chi connectivity index (χ3v) is 6.48. The van der Waals surface area contributed by atoms with Gasteiger partial charge in [-0.1, -0.05) is 19.3 Å². The molecule has 0 N–H and O–H groups in total. The highest BCUT2D eigenvalue weighted by Crippen LogP contribution is 2.40. The van der Waals surface area contributed by atoms with E-state index >= 15 is 0 Å². The van der Waals surface area contributed by atoms with E-state index in [1.165, 1.54) is 76.8 Å². The van der Waals surface area contributed by atoms with Crippen LogP contribution in [0.3, 0.4) is 0 Å². The Kier molecular flexibility index (Phi) is 5.63. The monoisotopic (exact) mass is 237 g/mol. The Morgan fingerprint density at radius 3 is 2.44 bits per heavy atom. The van der Waals surface area contributed by atoms with Gasteiger partial charge >= 0.3 is 0 Å². The van der Waals surface area contributed by atoms with Crippen molar-refractivity contribution >= 4 is 13.3 Å². The van der Waals surface area contributed by atoms with Gasteiger partial charge in [-0.15, -0.1) is 0 Å². The van der Waals surface area contributed by atoms with E-state index in [-0.39, 0.29) is 7.55 Å². The zero-order chi connectivity index (χ0) is 11.1. The molecular weight excluding hydrogens is 211 g/mol. The average Bonchev–Trinajstić information content (AvgIpc) is 2.18. The second-order valence-electron chi connectivity index (χ2n) is 5.23. The maximum absolute atomic E-state index is 2.70. The molecule has 0 radical (unpaired) electrons. The van der Waals surface area contributed by atoms with E-state index in [9.17, 15) is 0 Å². The Morgan fingerprint density at radius 1 is 0.750 bits per heavy atom. The molecule has 1 atom stereocenters. The van der Waals surface area contributed by atoms with Crippen LogP contribution in [0.5, 0.6) is 0 Å². The van der Waals surface area contributed by atoms with Crippen molar-refractivity contribution in [1.82, 2.24) is 0 Å². The molecule has 0 amide bonds. The van der Waals surface area contributed by atoms with Gasteiger partial charge in [-0.05, 0) is 44.6 Å². The molecule has 0 fully saturated rings. The zero-order valence-electron chi connectivity index (χ0n) is 10.6. The summed E-state index contributed by atoms with van der Waals surface area (Å²) in [5.41, 5.74) is 0. The summed E-state index contributed by atoms with van der Waals surface area (Å²) in [6.45, 7) is 0. The fourth-order valence-electron chi connectivity index (χ4n) is 2.81. The van der Waals surface area contributed by atoms with Crippen LogP contribution in [0.1, 0.15) is 70.6 Å². The van der Waals surface area contributed by atoms with Crippen molar-refractivity contribution in [3.05, 3.63) is 11.4 Å². The first-order chi connectivity index (χ1) is 7.97. The van der Waals surface area contributed by atoms with Crippen molar-refractivity contribution in [1.29, 1.82) is 0 Å². The summed E-state index contributed by atoms with van der Waals surface area (Å²) in [4.78, 5) is 0. The lowest BCUT2D eigenvalue weighted by Gasteiger charge is -2.09. The van der Waals surface area contributed by atoms with Gasteiger partial charge in [0.05, 0.1) is 5.80 Å². The van der Waals surface area contributed by atoms with E-state index in [0.29, 0.717) is 0 Å². The van der Waals surface area contributed by atoms with Gasteiger partial charge in [0.25, 0.3) is 0 Å². The summed E-state index contributed by atoms with van der Waals surface area (Å²) in [6, 6.07) is 0. The first kappa shape index (κ1) is 12.4. The number of allylic oxidation sites excluding steroid dienone is 2. The quantitative estimate of drug-likeness (QED) is 0.530. The maximum atomic E-state index is 2.70. The average molecular weight is 237 g/mol. The van der Waals surface area contributed by atoms with E-state index in [1.54, 1.807) is 0 Å². The van der Waals surface area contributed by atoms with E-state index in [4.69, 9.17) is 0 Å². The predicted molar refractivity (Wildman–Crippen MR) is 76.7 cm³/mol. The lowest BCUT2D eigenvalue weighted by atomic mass is 10.1. The largest absolute Gasteiger partial charge is 0.123 e. The molecule has 2 rings (SSSR count). The molecule has 0 spiro atoms. The molecule has 0 aromatic rings.